The third-order valence-corrected chi connectivity index (χ3v) is 10.1. The number of aromatic nitrogens is 4. The van der Waals surface area contributed by atoms with Crippen LogP contribution < -0.4 is 10.6 Å². The molecule has 0 unspecified atom stereocenters. The number of likely N-dealkylation sites (tertiary alicyclic amines) is 2. The molecule has 0 radical (unpaired) electrons. The highest BCUT2D eigenvalue weighted by Crippen LogP contribution is 2.36. The van der Waals surface area contributed by atoms with E-state index in [2.05, 4.69) is 68.1 Å². The van der Waals surface area contributed by atoms with E-state index in [-0.39, 0.29) is 35.7 Å². The first kappa shape index (κ1) is 41.3. The molecular weight excluding hydrogens is 720 g/mol. The van der Waals surface area contributed by atoms with E-state index in [1.165, 1.54) is 28.4 Å². The van der Waals surface area contributed by atoms with E-state index >= 15 is 0 Å². The molecule has 2 aromatic heterocycles. The van der Waals surface area contributed by atoms with Gasteiger partial charge in [0.2, 0.25) is 11.8 Å². The molecule has 4 amide bonds. The maximum atomic E-state index is 13.6. The number of carbonyl (C=O) groups excluding carboxylic acids is 4. The first-order valence-electron chi connectivity index (χ1n) is 18.4. The molecule has 0 bridgehead atoms. The summed E-state index contributed by atoms with van der Waals surface area (Å²) < 4.78 is 20.2. The number of hydrogen-bond acceptors (Lipinski definition) is 10. The van der Waals surface area contributed by atoms with Crippen molar-refractivity contribution in [3.05, 3.63) is 70.8 Å². The van der Waals surface area contributed by atoms with Crippen LogP contribution >= 0.6 is 0 Å². The molecule has 298 valence electrons. The summed E-state index contributed by atoms with van der Waals surface area (Å²) in [7, 11) is 5.46. The van der Waals surface area contributed by atoms with Gasteiger partial charge in [0.1, 0.15) is 35.1 Å². The number of imidazole rings is 2. The highest BCUT2D eigenvalue weighted by molar-refractivity contribution is 5.87. The highest BCUT2D eigenvalue weighted by atomic mass is 16.5. The number of carbonyl (C=O) groups is 4. The van der Waals surface area contributed by atoms with Crippen molar-refractivity contribution in [3.8, 4) is 23.7 Å². The molecule has 5 rings (SSSR count). The van der Waals surface area contributed by atoms with Crippen molar-refractivity contribution >= 4 is 24.0 Å². The smallest absolute Gasteiger partial charge is 0.407 e. The predicted molar refractivity (Wildman–Crippen MR) is 204 cm³/mol. The summed E-state index contributed by atoms with van der Waals surface area (Å²) in [6, 6.07) is 5.01. The van der Waals surface area contributed by atoms with Gasteiger partial charge in [0, 0.05) is 38.4 Å². The molecule has 4 heterocycles. The summed E-state index contributed by atoms with van der Waals surface area (Å²) >= 11 is 0. The van der Waals surface area contributed by atoms with E-state index in [9.17, 15) is 19.2 Å². The van der Waals surface area contributed by atoms with Crippen LogP contribution in [-0.4, -0.2) is 120 Å². The average molecular weight is 771 g/mol. The minimum atomic E-state index is -0.925. The zero-order valence-corrected chi connectivity index (χ0v) is 33.0. The molecule has 2 aliphatic heterocycles. The summed E-state index contributed by atoms with van der Waals surface area (Å²) in [5.74, 6) is 13.6. The van der Waals surface area contributed by atoms with Crippen LogP contribution in [0.25, 0.3) is 0 Å². The van der Waals surface area contributed by atoms with E-state index in [1.807, 2.05) is 24.3 Å². The molecular formula is C40H50N8O8. The molecule has 56 heavy (non-hydrogen) atoms. The fourth-order valence-corrected chi connectivity index (χ4v) is 6.91. The second-order valence-corrected chi connectivity index (χ2v) is 14.2. The van der Waals surface area contributed by atoms with Gasteiger partial charge in [-0.1, -0.05) is 25.7 Å². The Morgan fingerprint density at radius 2 is 1.05 bits per heavy atom. The van der Waals surface area contributed by atoms with Crippen LogP contribution in [0.1, 0.15) is 86.8 Å². The zero-order chi connectivity index (χ0) is 40.5. The van der Waals surface area contributed by atoms with Gasteiger partial charge in [-0.2, -0.15) is 0 Å². The molecule has 16 nitrogen and oxygen atoms in total. The average Bonchev–Trinajstić information content (AvgIpc) is 4.03. The molecule has 1 aromatic carbocycles. The Balaban J connectivity index is 1.23. The standard InChI is InChI=1S/C40H50N8O8/c1-23-17-31(47(21-23)37(49)33(25(3)53-5)45-39(51)55-7)35-41-19-29(43-35)15-13-27-9-11-28(12-10-27)14-16-30-20-42-36(44-30)32-18-24(2)22-48(32)38(50)34(26(4)54-6)46-40(52)56-8/h9-12,19-20,23-26,31-34H,17-18,21-22H2,1-8H3,(H,41,43)(H,42,44)(H,45,51)(H,46,52)/t23-,24-,25+,26+,31-,32-,33-,34-/m0/s1. The minimum Gasteiger partial charge on any atom is -0.453 e. The number of benzene rings is 1. The molecule has 0 saturated carbocycles. The molecule has 0 spiro atoms. The lowest BCUT2D eigenvalue weighted by Crippen LogP contribution is -2.54. The molecule has 2 fully saturated rings. The number of methoxy groups -OCH3 is 4. The van der Waals surface area contributed by atoms with Crippen molar-refractivity contribution in [1.82, 2.24) is 40.4 Å². The largest absolute Gasteiger partial charge is 0.453 e. The van der Waals surface area contributed by atoms with Gasteiger partial charge in [-0.3, -0.25) is 9.59 Å². The number of ether oxygens (including phenoxy) is 4. The molecule has 0 aliphatic carbocycles. The van der Waals surface area contributed by atoms with Gasteiger partial charge < -0.3 is 49.3 Å². The first-order valence-corrected chi connectivity index (χ1v) is 18.4. The number of alkyl carbamates (subject to hydrolysis) is 2. The van der Waals surface area contributed by atoms with Gasteiger partial charge in [0.25, 0.3) is 0 Å². The summed E-state index contributed by atoms with van der Waals surface area (Å²) in [6.07, 6.45) is 2.11. The summed E-state index contributed by atoms with van der Waals surface area (Å²) in [4.78, 5) is 70.4. The monoisotopic (exact) mass is 770 g/mol. The van der Waals surface area contributed by atoms with E-state index < -0.39 is 36.5 Å². The van der Waals surface area contributed by atoms with Crippen molar-refractivity contribution < 1.29 is 38.1 Å². The molecule has 2 aliphatic rings. The van der Waals surface area contributed by atoms with Gasteiger partial charge >= 0.3 is 12.2 Å². The van der Waals surface area contributed by atoms with Crippen LogP contribution in [-0.2, 0) is 28.5 Å². The number of aromatic amines is 2. The van der Waals surface area contributed by atoms with Crippen molar-refractivity contribution in [2.45, 2.75) is 76.9 Å². The second kappa shape index (κ2) is 18.7. The van der Waals surface area contributed by atoms with Crippen molar-refractivity contribution in [2.75, 3.05) is 41.5 Å². The Kier molecular flexibility index (Phi) is 13.8. The summed E-state index contributed by atoms with van der Waals surface area (Å²) in [5, 5.41) is 5.21. The predicted octanol–water partition coefficient (Wildman–Crippen LogP) is 3.27. The van der Waals surface area contributed by atoms with Crippen molar-refractivity contribution in [2.24, 2.45) is 11.8 Å². The maximum absolute atomic E-state index is 13.6. The van der Waals surface area contributed by atoms with Crippen LogP contribution in [0, 0.1) is 35.5 Å². The van der Waals surface area contributed by atoms with Crippen molar-refractivity contribution in [3.63, 3.8) is 0 Å². The van der Waals surface area contributed by atoms with E-state index in [1.54, 1.807) is 36.0 Å². The first-order chi connectivity index (χ1) is 26.8. The lowest BCUT2D eigenvalue weighted by molar-refractivity contribution is -0.138. The number of H-pyrrole nitrogens is 2. The Labute approximate surface area is 326 Å². The number of rotatable bonds is 10. The lowest BCUT2D eigenvalue weighted by atomic mass is 10.1. The van der Waals surface area contributed by atoms with Crippen LogP contribution in [0.15, 0.2) is 36.7 Å². The van der Waals surface area contributed by atoms with E-state index in [4.69, 9.17) is 18.9 Å². The molecule has 16 heteroatoms. The molecule has 8 atom stereocenters. The van der Waals surface area contributed by atoms with Gasteiger partial charge in [-0.15, -0.1) is 0 Å². The number of amides is 4. The third-order valence-electron chi connectivity index (χ3n) is 10.1. The van der Waals surface area contributed by atoms with Crippen LogP contribution in [0.4, 0.5) is 9.59 Å². The zero-order valence-electron chi connectivity index (χ0n) is 33.0. The second-order valence-electron chi connectivity index (χ2n) is 14.2. The Hall–Kier alpha value is -5.84. The number of nitrogens with one attached hydrogen (secondary N) is 4. The Bertz CT molecular complexity index is 1850. The Morgan fingerprint density at radius 3 is 1.39 bits per heavy atom. The minimum absolute atomic E-state index is 0.218. The number of hydrogen-bond donors (Lipinski definition) is 4. The van der Waals surface area contributed by atoms with E-state index in [0.29, 0.717) is 49.0 Å². The van der Waals surface area contributed by atoms with Gasteiger partial charge in [-0.05, 0) is 74.6 Å². The SMILES string of the molecule is COC(=O)N[C@H](C(=O)N1C[C@@H](C)C[C@H]1c1ncc(C#Cc2ccc(C#Cc3cnc([C@@H]4C[C@H](C)CN4C(=O)[C@@H](NC(=O)OC)[C@@H](C)OC)[nH]3)cc2)[nH]1)[C@@H](C)OC. The fraction of sp³-hybridized carbons (Fsp3) is 0.500. The quantitative estimate of drug-likeness (QED) is 0.223. The summed E-state index contributed by atoms with van der Waals surface area (Å²) in [5.41, 5.74) is 2.74. The van der Waals surface area contributed by atoms with Crippen LogP contribution in [0.2, 0.25) is 0 Å². The molecule has 4 N–H and O–H groups in total. The summed E-state index contributed by atoms with van der Waals surface area (Å²) in [6.45, 7) is 8.57. The maximum Gasteiger partial charge on any atom is 0.407 e. The molecule has 2 saturated heterocycles. The van der Waals surface area contributed by atoms with Crippen LogP contribution in [0.5, 0.6) is 0 Å². The highest BCUT2D eigenvalue weighted by Gasteiger charge is 2.42. The van der Waals surface area contributed by atoms with Crippen molar-refractivity contribution in [1.29, 1.82) is 0 Å². The van der Waals surface area contributed by atoms with Gasteiger partial charge in [0.15, 0.2) is 0 Å². The fourth-order valence-electron chi connectivity index (χ4n) is 6.91. The Morgan fingerprint density at radius 1 is 0.679 bits per heavy atom. The normalized spacial score (nSPS) is 21.1. The number of nitrogens with zero attached hydrogens (tertiary/aromatic N) is 4. The third kappa shape index (κ3) is 9.87. The topological polar surface area (TPSA) is 193 Å². The van der Waals surface area contributed by atoms with E-state index in [0.717, 1.165) is 11.1 Å². The van der Waals surface area contributed by atoms with Crippen LogP contribution in [0.3, 0.4) is 0 Å². The lowest BCUT2D eigenvalue weighted by Gasteiger charge is -2.30. The van der Waals surface area contributed by atoms with Gasteiger partial charge in [0.05, 0.1) is 50.9 Å². The molecule has 3 aromatic rings. The van der Waals surface area contributed by atoms with Gasteiger partial charge in [-0.25, -0.2) is 19.6 Å².